The van der Waals surface area contributed by atoms with Crippen LogP contribution in [0.4, 0.5) is 43.9 Å². The van der Waals surface area contributed by atoms with Crippen molar-refractivity contribution in [3.8, 4) is 23.0 Å². The number of benzene rings is 9. The van der Waals surface area contributed by atoms with Gasteiger partial charge in [-0.05, 0) is 97.1 Å². The van der Waals surface area contributed by atoms with Gasteiger partial charge in [-0.1, -0.05) is 90.6 Å². The molecule has 77 heavy (non-hydrogen) atoms. The van der Waals surface area contributed by atoms with Crippen molar-refractivity contribution in [3.63, 3.8) is 0 Å². The van der Waals surface area contributed by atoms with Gasteiger partial charge in [-0.25, -0.2) is 43.9 Å². The Balaban J connectivity index is 0.000000205. The Hall–Kier alpha value is -8.09. The Morgan fingerprint density at radius 1 is 0.364 bits per heavy atom. The summed E-state index contributed by atoms with van der Waals surface area (Å²) in [4.78, 5) is 17.7. The minimum absolute atomic E-state index is 0.00474. The summed E-state index contributed by atoms with van der Waals surface area (Å²) in [5, 5.41) is 0. The highest BCUT2D eigenvalue weighted by atomic mass is 32.2. The van der Waals surface area contributed by atoms with Crippen molar-refractivity contribution in [1.29, 1.82) is 0 Å². The molecule has 0 saturated carbocycles. The zero-order valence-electron chi connectivity index (χ0n) is 41.0. The summed E-state index contributed by atoms with van der Waals surface area (Å²) in [6.07, 6.45) is -3.59. The van der Waals surface area contributed by atoms with E-state index in [1.807, 2.05) is 54.6 Å². The zero-order chi connectivity index (χ0) is 55.1. The number of ketones is 1. The van der Waals surface area contributed by atoms with E-state index >= 15 is 35.1 Å². The van der Waals surface area contributed by atoms with Gasteiger partial charge in [-0.3, -0.25) is 4.79 Å². The van der Waals surface area contributed by atoms with Crippen molar-refractivity contribution in [2.75, 3.05) is 28.4 Å². The number of carbonyl (C=O) groups is 1. The van der Waals surface area contributed by atoms with Crippen LogP contribution in [0.25, 0.3) is 0 Å². The van der Waals surface area contributed by atoms with Gasteiger partial charge >= 0.3 is 0 Å². The molecule has 392 valence electrons. The van der Waals surface area contributed by atoms with Crippen molar-refractivity contribution in [3.05, 3.63) is 245 Å². The van der Waals surface area contributed by atoms with Crippen molar-refractivity contribution < 1.29 is 67.6 Å². The van der Waals surface area contributed by atoms with E-state index in [-0.39, 0.29) is 17.4 Å². The highest BCUT2D eigenvalue weighted by Gasteiger charge is 2.38. The smallest absolute Gasteiger partial charge is 0.193 e. The monoisotopic (exact) mass is 1090 g/mol. The van der Waals surface area contributed by atoms with Gasteiger partial charge in [-0.15, -0.1) is 0 Å². The van der Waals surface area contributed by atoms with E-state index in [1.54, 1.807) is 36.0 Å². The summed E-state index contributed by atoms with van der Waals surface area (Å²) in [6, 6.07) is 43.4. The van der Waals surface area contributed by atoms with Gasteiger partial charge in [0, 0.05) is 20.9 Å². The Bertz CT molecular complexity index is 3190. The van der Waals surface area contributed by atoms with Crippen LogP contribution in [0.1, 0.15) is 15.9 Å². The molecule has 5 nitrogen and oxygen atoms in total. The minimum Gasteiger partial charge on any atom is -0.491 e. The lowest BCUT2D eigenvalue weighted by atomic mass is 9.13. The van der Waals surface area contributed by atoms with Crippen LogP contribution in [0.3, 0.4) is 0 Å². The Morgan fingerprint density at radius 2 is 0.623 bits per heavy atom. The van der Waals surface area contributed by atoms with E-state index in [0.717, 1.165) is 52.9 Å². The number of halogens is 10. The summed E-state index contributed by atoms with van der Waals surface area (Å²) >= 11 is 1.61. The molecular weight excluding hydrogens is 1050 g/mol. The van der Waals surface area contributed by atoms with Crippen molar-refractivity contribution in [2.45, 2.75) is 24.5 Å². The highest BCUT2D eigenvalue weighted by Crippen LogP contribution is 2.35. The SMILES string of the molecule is COc1c(F)cc([B-](c2cc(F)c(OC)c(F)c2)(c2cc(F)c(OC)c(F)c2)c2cc(F)c(OC)c(F)c2)cc1F.O=C(c1ccccc1)c1ccc(Sc2ccc([S+](c3ccc(F)cc3)c3ccc(F)cc3)cc2)cc1. The number of hydrogen-bond acceptors (Lipinski definition) is 6. The first-order valence-corrected chi connectivity index (χ1v) is 25.1. The fraction of sp³-hybridized carbons (Fsp3) is 0.0678. The molecule has 0 radical (unpaired) electrons. The Kier molecular flexibility index (Phi) is 17.1. The molecule has 0 aliphatic rings. The molecule has 0 bridgehead atoms. The predicted octanol–water partition coefficient (Wildman–Crippen LogP) is 12.7. The highest BCUT2D eigenvalue weighted by molar-refractivity contribution is 7.99. The number of ether oxygens (including phenoxy) is 4. The van der Waals surface area contributed by atoms with Gasteiger partial charge in [0.25, 0.3) is 0 Å². The second-order valence-electron chi connectivity index (χ2n) is 16.9. The molecule has 0 aliphatic carbocycles. The number of methoxy groups -OCH3 is 4. The summed E-state index contributed by atoms with van der Waals surface area (Å²) < 4.78 is 167. The molecule has 0 heterocycles. The maximum absolute atomic E-state index is 15.2. The van der Waals surface area contributed by atoms with Crippen LogP contribution in [0.2, 0.25) is 0 Å². The van der Waals surface area contributed by atoms with E-state index in [1.165, 1.54) is 24.3 Å². The number of hydrogen-bond donors (Lipinski definition) is 0. The summed E-state index contributed by atoms with van der Waals surface area (Å²) in [6.45, 7) is 0. The minimum atomic E-state index is -3.59. The average Bonchev–Trinajstić information content (AvgIpc) is 3.41. The van der Waals surface area contributed by atoms with Crippen LogP contribution >= 0.6 is 11.8 Å². The molecule has 0 aliphatic heterocycles. The third-order valence-corrected chi connectivity index (χ3v) is 15.7. The lowest BCUT2D eigenvalue weighted by Crippen LogP contribution is -2.75. The van der Waals surface area contributed by atoms with Crippen molar-refractivity contribution in [1.82, 2.24) is 0 Å². The van der Waals surface area contributed by atoms with Gasteiger partial charge in [0.05, 0.1) is 39.3 Å². The Morgan fingerprint density at radius 3 is 0.909 bits per heavy atom. The predicted molar refractivity (Wildman–Crippen MR) is 278 cm³/mol. The van der Waals surface area contributed by atoms with Crippen molar-refractivity contribution in [2.24, 2.45) is 0 Å². The molecule has 18 heteroatoms. The summed E-state index contributed by atoms with van der Waals surface area (Å²) in [5.41, 5.74) is -0.736. The first kappa shape index (κ1) is 55.2. The first-order valence-electron chi connectivity index (χ1n) is 23.0. The fourth-order valence-electron chi connectivity index (χ4n) is 9.01. The average molecular weight is 1090 g/mol. The molecule has 0 saturated heterocycles. The molecule has 0 fully saturated rings. The first-order chi connectivity index (χ1) is 37.0. The van der Waals surface area contributed by atoms with E-state index in [4.69, 9.17) is 18.9 Å². The molecule has 0 unspecified atom stereocenters. The lowest BCUT2D eigenvalue weighted by molar-refractivity contribution is 0.103. The zero-order valence-corrected chi connectivity index (χ0v) is 42.6. The van der Waals surface area contributed by atoms with E-state index in [2.05, 4.69) is 24.3 Å². The maximum atomic E-state index is 15.2. The van der Waals surface area contributed by atoms with Crippen LogP contribution in [0.5, 0.6) is 23.0 Å². The van der Waals surface area contributed by atoms with Gasteiger partial charge in [0.15, 0.2) is 90.0 Å². The third kappa shape index (κ3) is 11.5. The van der Waals surface area contributed by atoms with Gasteiger partial charge in [0.1, 0.15) is 17.8 Å². The van der Waals surface area contributed by atoms with E-state index in [0.29, 0.717) is 59.7 Å². The second-order valence-corrected chi connectivity index (χ2v) is 20.1. The summed E-state index contributed by atoms with van der Waals surface area (Å²) in [5.74, 6) is -14.6. The summed E-state index contributed by atoms with van der Waals surface area (Å²) in [7, 11) is 3.38. The molecule has 0 atom stereocenters. The number of rotatable bonds is 15. The Labute approximate surface area is 443 Å². The van der Waals surface area contributed by atoms with E-state index in [9.17, 15) is 13.6 Å². The molecule has 9 rings (SSSR count). The van der Waals surface area contributed by atoms with E-state index < -0.39 is 108 Å². The van der Waals surface area contributed by atoms with Crippen LogP contribution < -0.4 is 40.8 Å². The topological polar surface area (TPSA) is 54.0 Å². The molecule has 0 spiro atoms. The van der Waals surface area contributed by atoms with Gasteiger partial charge < -0.3 is 18.9 Å². The largest absolute Gasteiger partial charge is 0.491 e. The third-order valence-electron chi connectivity index (χ3n) is 12.4. The van der Waals surface area contributed by atoms with Crippen LogP contribution in [-0.4, -0.2) is 40.4 Å². The molecule has 0 aromatic heterocycles. The van der Waals surface area contributed by atoms with Crippen LogP contribution in [0, 0.1) is 58.2 Å². The molecular formula is C59H41BF10O5S2. The maximum Gasteiger partial charge on any atom is 0.193 e. The molecule has 0 amide bonds. The van der Waals surface area contributed by atoms with Crippen LogP contribution in [0.15, 0.2) is 200 Å². The lowest BCUT2D eigenvalue weighted by Gasteiger charge is -2.44. The normalized spacial score (nSPS) is 11.2. The number of carbonyl (C=O) groups excluding carboxylic acids is 1. The van der Waals surface area contributed by atoms with Gasteiger partial charge in [0.2, 0.25) is 0 Å². The van der Waals surface area contributed by atoms with Crippen molar-refractivity contribution >= 4 is 56.4 Å². The molecule has 9 aromatic carbocycles. The fourth-order valence-corrected chi connectivity index (χ4v) is 11.9. The standard InChI is InChI=1S/C31H21F2OS2.C28H20BF8O4/c32-24-8-16-28(17-9-24)36(29-18-10-25(33)11-19-29)30-20-14-27(15-21-30)35-26-12-6-23(7-13-26)31(34)22-4-2-1-3-5-22;1-38-25-17(30)5-13(6-18(25)31)29(14-7-19(32)26(39-2)20(33)8-14,15-9-21(34)27(40-3)22(35)10-15)16-11-23(36)28(41-4)24(37)12-16/h1-21H;5-12H,1-4H3/q+1;-1. The molecule has 0 N–H and O–H groups in total. The quantitative estimate of drug-likeness (QED) is 0.0441. The second kappa shape index (κ2) is 23.9. The van der Waals surface area contributed by atoms with Gasteiger partial charge in [-0.2, -0.15) is 21.9 Å². The molecule has 9 aromatic rings. The van der Waals surface area contributed by atoms with Crippen LogP contribution in [-0.2, 0) is 10.9 Å².